The van der Waals surface area contributed by atoms with Gasteiger partial charge < -0.3 is 19.5 Å². The predicted molar refractivity (Wildman–Crippen MR) is 116 cm³/mol. The first kappa shape index (κ1) is 22.5. The number of nitro groups is 1. The lowest BCUT2D eigenvalue weighted by atomic mass is 10.1. The monoisotopic (exact) mass is 440 g/mol. The average molecular weight is 440 g/mol. The van der Waals surface area contributed by atoms with Crippen LogP contribution in [0.2, 0.25) is 0 Å². The highest BCUT2D eigenvalue weighted by Gasteiger charge is 2.25. The van der Waals surface area contributed by atoms with Crippen LogP contribution in [0.25, 0.3) is 0 Å². The van der Waals surface area contributed by atoms with E-state index in [1.807, 2.05) is 0 Å². The average Bonchev–Trinajstić information content (AvgIpc) is 2.78. The summed E-state index contributed by atoms with van der Waals surface area (Å²) < 4.78 is 29.3. The van der Waals surface area contributed by atoms with Crippen LogP contribution in [0.5, 0.6) is 17.2 Å². The first-order chi connectivity index (χ1) is 15.4. The Labute approximate surface area is 183 Å². The first-order valence-corrected chi connectivity index (χ1v) is 9.69. The number of carbonyl (C=O) groups excluding carboxylic acids is 1. The molecule has 166 valence electrons. The molecule has 1 N–H and O–H groups in total. The molecule has 0 atom stereocenters. The lowest BCUT2D eigenvalue weighted by Crippen LogP contribution is -2.14. The minimum Gasteiger partial charge on any atom is -0.493 e. The third kappa shape index (κ3) is 5.51. The summed E-state index contributed by atoms with van der Waals surface area (Å²) in [6.45, 7) is 2.22. The van der Waals surface area contributed by atoms with Crippen LogP contribution in [0.15, 0.2) is 60.7 Å². The Morgan fingerprint density at radius 3 is 2.47 bits per heavy atom. The second-order valence-corrected chi connectivity index (χ2v) is 6.61. The molecule has 0 unspecified atom stereocenters. The predicted octanol–water partition coefficient (Wildman–Crippen LogP) is 4.97. The summed E-state index contributed by atoms with van der Waals surface area (Å²) in [5.74, 6) is -0.175. The lowest BCUT2D eigenvalue weighted by molar-refractivity contribution is -0.385. The molecule has 0 spiro atoms. The molecule has 0 aromatic heterocycles. The highest BCUT2D eigenvalue weighted by atomic mass is 19.1. The Morgan fingerprint density at radius 2 is 1.81 bits per heavy atom. The summed E-state index contributed by atoms with van der Waals surface area (Å²) in [5, 5.41) is 14.1. The number of anilines is 1. The van der Waals surface area contributed by atoms with E-state index < -0.39 is 16.5 Å². The van der Waals surface area contributed by atoms with Gasteiger partial charge in [0.2, 0.25) is 0 Å². The molecule has 0 saturated carbocycles. The number of methoxy groups -OCH3 is 1. The number of hydrogen-bond donors (Lipinski definition) is 1. The van der Waals surface area contributed by atoms with Gasteiger partial charge in [-0.05, 0) is 36.8 Å². The van der Waals surface area contributed by atoms with Crippen LogP contribution in [-0.2, 0) is 6.61 Å². The topological polar surface area (TPSA) is 99.9 Å². The van der Waals surface area contributed by atoms with Crippen molar-refractivity contribution in [3.63, 3.8) is 0 Å². The number of amides is 1. The molecule has 0 aliphatic carbocycles. The lowest BCUT2D eigenvalue weighted by Gasteiger charge is -2.12. The maximum absolute atomic E-state index is 13.0. The van der Waals surface area contributed by atoms with Gasteiger partial charge in [0.05, 0.1) is 24.7 Å². The molecule has 3 rings (SSSR count). The molecule has 0 fully saturated rings. The summed E-state index contributed by atoms with van der Waals surface area (Å²) in [6.07, 6.45) is 0. The highest BCUT2D eigenvalue weighted by molar-refractivity contribution is 6.07. The molecule has 9 heteroatoms. The fourth-order valence-corrected chi connectivity index (χ4v) is 2.92. The summed E-state index contributed by atoms with van der Waals surface area (Å²) in [6, 6.07) is 14.9. The summed E-state index contributed by atoms with van der Waals surface area (Å²) in [7, 11) is 1.38. The van der Waals surface area contributed by atoms with Gasteiger partial charge >= 0.3 is 0 Å². The van der Waals surface area contributed by atoms with Crippen LogP contribution in [0.1, 0.15) is 22.8 Å². The maximum atomic E-state index is 13.0. The van der Waals surface area contributed by atoms with E-state index in [4.69, 9.17) is 14.2 Å². The van der Waals surface area contributed by atoms with Gasteiger partial charge in [-0.2, -0.15) is 0 Å². The highest BCUT2D eigenvalue weighted by Crippen LogP contribution is 2.35. The van der Waals surface area contributed by atoms with Gasteiger partial charge in [0.1, 0.15) is 23.7 Å². The van der Waals surface area contributed by atoms with Crippen molar-refractivity contribution in [2.75, 3.05) is 19.0 Å². The van der Waals surface area contributed by atoms with Crippen LogP contribution < -0.4 is 19.5 Å². The third-order valence-electron chi connectivity index (χ3n) is 4.43. The van der Waals surface area contributed by atoms with Crippen molar-refractivity contribution in [3.8, 4) is 17.2 Å². The molecule has 3 aromatic carbocycles. The van der Waals surface area contributed by atoms with Crippen molar-refractivity contribution in [2.45, 2.75) is 13.5 Å². The second kappa shape index (κ2) is 10.3. The summed E-state index contributed by atoms with van der Waals surface area (Å²) in [5.41, 5.74) is 0.579. The zero-order valence-electron chi connectivity index (χ0n) is 17.5. The van der Waals surface area contributed by atoms with Crippen molar-refractivity contribution in [2.24, 2.45) is 0 Å². The van der Waals surface area contributed by atoms with E-state index in [-0.39, 0.29) is 36.1 Å². The standard InChI is InChI=1S/C23H21FN2O6/c1-3-31-22-13-20(26(28)29)19(12-21(22)30-2)23(27)25-17-5-4-6-18(11-17)32-14-15-7-9-16(24)10-8-15/h4-13H,3,14H2,1-2H3,(H,25,27). The minimum absolute atomic E-state index is 0.173. The van der Waals surface area contributed by atoms with Crippen molar-refractivity contribution in [1.82, 2.24) is 0 Å². The fraction of sp³-hybridized carbons (Fsp3) is 0.174. The number of rotatable bonds is 9. The largest absolute Gasteiger partial charge is 0.493 e. The molecule has 0 bridgehead atoms. The number of nitrogens with one attached hydrogen (secondary N) is 1. The van der Waals surface area contributed by atoms with Crippen molar-refractivity contribution >= 4 is 17.3 Å². The number of hydrogen-bond acceptors (Lipinski definition) is 6. The summed E-state index contributed by atoms with van der Waals surface area (Å²) >= 11 is 0. The van der Waals surface area contributed by atoms with Gasteiger partial charge in [0.25, 0.3) is 11.6 Å². The van der Waals surface area contributed by atoms with E-state index in [9.17, 15) is 19.3 Å². The normalized spacial score (nSPS) is 10.3. The molecule has 1 amide bonds. The zero-order valence-corrected chi connectivity index (χ0v) is 17.5. The van der Waals surface area contributed by atoms with E-state index in [0.29, 0.717) is 11.4 Å². The Balaban J connectivity index is 1.78. The number of carbonyl (C=O) groups is 1. The SMILES string of the molecule is CCOc1cc([N+](=O)[O-])c(C(=O)Nc2cccc(OCc3ccc(F)cc3)c2)cc1OC. The molecular formula is C23H21FN2O6. The molecule has 32 heavy (non-hydrogen) atoms. The molecular weight excluding hydrogens is 419 g/mol. The number of ether oxygens (including phenoxy) is 3. The van der Waals surface area contributed by atoms with E-state index in [1.165, 1.54) is 31.4 Å². The smallest absolute Gasteiger partial charge is 0.286 e. The molecule has 0 aliphatic rings. The Kier molecular flexibility index (Phi) is 7.22. The Morgan fingerprint density at radius 1 is 1.06 bits per heavy atom. The Hall–Kier alpha value is -4.14. The molecule has 0 heterocycles. The zero-order chi connectivity index (χ0) is 23.1. The number of nitrogens with zero attached hydrogens (tertiary/aromatic N) is 1. The molecule has 0 aliphatic heterocycles. The minimum atomic E-state index is -0.686. The fourth-order valence-electron chi connectivity index (χ4n) is 2.92. The van der Waals surface area contributed by atoms with Gasteiger partial charge in [-0.25, -0.2) is 4.39 Å². The van der Waals surface area contributed by atoms with Gasteiger partial charge in [-0.1, -0.05) is 18.2 Å². The number of halogens is 1. The Bertz CT molecular complexity index is 1120. The molecule has 3 aromatic rings. The number of benzene rings is 3. The van der Waals surface area contributed by atoms with Crippen LogP contribution in [0.4, 0.5) is 15.8 Å². The van der Waals surface area contributed by atoms with Gasteiger partial charge in [0, 0.05) is 17.8 Å². The van der Waals surface area contributed by atoms with Gasteiger partial charge in [0.15, 0.2) is 11.5 Å². The van der Waals surface area contributed by atoms with Crippen molar-refractivity contribution < 1.29 is 28.3 Å². The van der Waals surface area contributed by atoms with Crippen molar-refractivity contribution in [3.05, 3.63) is 87.7 Å². The van der Waals surface area contributed by atoms with E-state index in [2.05, 4.69) is 5.32 Å². The van der Waals surface area contributed by atoms with Crippen LogP contribution in [-0.4, -0.2) is 24.5 Å². The quantitative estimate of drug-likeness (QED) is 0.372. The van der Waals surface area contributed by atoms with E-state index in [1.54, 1.807) is 43.3 Å². The molecule has 8 nitrogen and oxygen atoms in total. The van der Waals surface area contributed by atoms with Crippen LogP contribution in [0.3, 0.4) is 0 Å². The van der Waals surface area contributed by atoms with Crippen LogP contribution in [0, 0.1) is 15.9 Å². The van der Waals surface area contributed by atoms with Crippen molar-refractivity contribution in [1.29, 1.82) is 0 Å². The van der Waals surface area contributed by atoms with E-state index >= 15 is 0 Å². The first-order valence-electron chi connectivity index (χ1n) is 9.69. The molecule has 0 saturated heterocycles. The van der Waals surface area contributed by atoms with Gasteiger partial charge in [-0.15, -0.1) is 0 Å². The number of nitro benzene ring substituents is 1. The van der Waals surface area contributed by atoms with E-state index in [0.717, 1.165) is 5.56 Å². The summed E-state index contributed by atoms with van der Waals surface area (Å²) in [4.78, 5) is 23.7. The maximum Gasteiger partial charge on any atom is 0.286 e. The molecule has 0 radical (unpaired) electrons. The third-order valence-corrected chi connectivity index (χ3v) is 4.43. The second-order valence-electron chi connectivity index (χ2n) is 6.61. The van der Waals surface area contributed by atoms with Crippen LogP contribution >= 0.6 is 0 Å². The van der Waals surface area contributed by atoms with Gasteiger partial charge in [-0.3, -0.25) is 14.9 Å².